The fourth-order valence-corrected chi connectivity index (χ4v) is 4.27. The van der Waals surface area contributed by atoms with Crippen LogP contribution in [0.2, 0.25) is 10.0 Å². The highest BCUT2D eigenvalue weighted by Gasteiger charge is 2.23. The molecule has 0 atom stereocenters. The van der Waals surface area contributed by atoms with Crippen molar-refractivity contribution in [1.29, 1.82) is 5.26 Å². The Kier molecular flexibility index (Phi) is 5.51. The molecule has 1 amide bonds. The van der Waals surface area contributed by atoms with Crippen LogP contribution in [0.25, 0.3) is 10.9 Å². The molecule has 2 aromatic carbocycles. The Balaban J connectivity index is 1.68. The standard InChI is InChI=1S/C22H19Cl2N3O2/c1-13-8-14(12-25)9-20-17(13)10-15(26-20)11-18-19(23)3-2-16(21(18)24)22(28)27-4-6-29-7-5-27/h2-3,8-10,26H,4-7,11H2,1H3. The number of aryl methyl sites for hydroxylation is 1. The smallest absolute Gasteiger partial charge is 0.255 e. The van der Waals surface area contributed by atoms with Gasteiger partial charge < -0.3 is 14.6 Å². The van der Waals surface area contributed by atoms with Crippen molar-refractivity contribution in [1.82, 2.24) is 9.88 Å². The minimum Gasteiger partial charge on any atom is -0.378 e. The Morgan fingerprint density at radius 1 is 1.24 bits per heavy atom. The Labute approximate surface area is 178 Å². The second-order valence-electron chi connectivity index (χ2n) is 7.13. The first kappa shape index (κ1) is 19.8. The average Bonchev–Trinajstić information content (AvgIpc) is 3.14. The molecule has 3 aromatic rings. The molecule has 1 aromatic heterocycles. The van der Waals surface area contributed by atoms with Crippen LogP contribution in [0.5, 0.6) is 0 Å². The number of halogens is 2. The number of carbonyl (C=O) groups is 1. The SMILES string of the molecule is Cc1cc(C#N)cc2[nH]c(Cc3c(Cl)ccc(C(=O)N4CCOCC4)c3Cl)cc12. The zero-order valence-corrected chi connectivity index (χ0v) is 17.4. The van der Waals surface area contributed by atoms with Crippen molar-refractivity contribution in [3.63, 3.8) is 0 Å². The number of nitriles is 1. The van der Waals surface area contributed by atoms with E-state index in [0.717, 1.165) is 22.2 Å². The topological polar surface area (TPSA) is 69.1 Å². The quantitative estimate of drug-likeness (QED) is 0.657. The molecule has 0 saturated carbocycles. The van der Waals surface area contributed by atoms with Crippen LogP contribution >= 0.6 is 23.2 Å². The number of hydrogen-bond donors (Lipinski definition) is 1. The molecule has 1 N–H and O–H groups in total. The van der Waals surface area contributed by atoms with Crippen LogP contribution in [-0.2, 0) is 11.2 Å². The number of fused-ring (bicyclic) bond motifs is 1. The average molecular weight is 428 g/mol. The molecular weight excluding hydrogens is 409 g/mol. The molecule has 4 rings (SSSR count). The summed E-state index contributed by atoms with van der Waals surface area (Å²) in [4.78, 5) is 18.0. The molecule has 148 valence electrons. The molecule has 1 aliphatic rings. The lowest BCUT2D eigenvalue weighted by atomic mass is 10.0. The highest BCUT2D eigenvalue weighted by atomic mass is 35.5. The first-order chi connectivity index (χ1) is 14.0. The zero-order chi connectivity index (χ0) is 20.5. The number of H-pyrrole nitrogens is 1. The Hall–Kier alpha value is -2.52. The van der Waals surface area contributed by atoms with Gasteiger partial charge in [0.2, 0.25) is 0 Å². The van der Waals surface area contributed by atoms with Crippen LogP contribution in [0.1, 0.15) is 32.7 Å². The normalized spacial score (nSPS) is 14.2. The van der Waals surface area contributed by atoms with Gasteiger partial charge in [-0.15, -0.1) is 0 Å². The summed E-state index contributed by atoms with van der Waals surface area (Å²) in [5, 5.41) is 11.1. The Morgan fingerprint density at radius 3 is 2.72 bits per heavy atom. The molecule has 7 heteroatoms. The van der Waals surface area contributed by atoms with Gasteiger partial charge in [-0.1, -0.05) is 23.2 Å². The van der Waals surface area contributed by atoms with E-state index >= 15 is 0 Å². The lowest BCUT2D eigenvalue weighted by Crippen LogP contribution is -2.40. The van der Waals surface area contributed by atoms with E-state index in [1.807, 2.05) is 25.1 Å². The van der Waals surface area contributed by atoms with Crippen molar-refractivity contribution in [3.05, 3.63) is 68.3 Å². The molecule has 5 nitrogen and oxygen atoms in total. The summed E-state index contributed by atoms with van der Waals surface area (Å²) in [7, 11) is 0. The number of amides is 1. The van der Waals surface area contributed by atoms with Crippen LogP contribution in [0.15, 0.2) is 30.3 Å². The first-order valence-electron chi connectivity index (χ1n) is 9.34. The number of aromatic amines is 1. The molecular formula is C22H19Cl2N3O2. The fourth-order valence-electron chi connectivity index (χ4n) is 3.69. The lowest BCUT2D eigenvalue weighted by Gasteiger charge is -2.27. The minimum atomic E-state index is -0.109. The molecule has 0 spiro atoms. The zero-order valence-electron chi connectivity index (χ0n) is 15.9. The van der Waals surface area contributed by atoms with E-state index in [1.54, 1.807) is 17.0 Å². The van der Waals surface area contributed by atoms with Crippen LogP contribution in [0.4, 0.5) is 0 Å². The minimum absolute atomic E-state index is 0.109. The molecule has 1 aliphatic heterocycles. The number of ether oxygens (including phenoxy) is 1. The summed E-state index contributed by atoms with van der Waals surface area (Å²) in [6.45, 7) is 4.14. The monoisotopic (exact) mass is 427 g/mol. The highest BCUT2D eigenvalue weighted by Crippen LogP contribution is 2.32. The third-order valence-corrected chi connectivity index (χ3v) is 6.00. The van der Waals surface area contributed by atoms with E-state index in [9.17, 15) is 10.1 Å². The van der Waals surface area contributed by atoms with Crippen LogP contribution < -0.4 is 0 Å². The number of nitrogens with one attached hydrogen (secondary N) is 1. The summed E-state index contributed by atoms with van der Waals surface area (Å²) >= 11 is 13.1. The van der Waals surface area contributed by atoms with Gasteiger partial charge in [0.25, 0.3) is 5.91 Å². The number of benzene rings is 2. The van der Waals surface area contributed by atoms with Gasteiger partial charge in [0.1, 0.15) is 0 Å². The number of morpholine rings is 1. The second kappa shape index (κ2) is 8.08. The lowest BCUT2D eigenvalue weighted by molar-refractivity contribution is 0.0303. The number of carbonyl (C=O) groups excluding carboxylic acids is 1. The number of hydrogen-bond acceptors (Lipinski definition) is 3. The Bertz CT molecular complexity index is 1140. The third kappa shape index (κ3) is 3.84. The highest BCUT2D eigenvalue weighted by molar-refractivity contribution is 6.38. The number of nitrogens with zero attached hydrogens (tertiary/aromatic N) is 2. The number of aromatic nitrogens is 1. The van der Waals surface area contributed by atoms with Gasteiger partial charge in [-0.2, -0.15) is 5.26 Å². The van der Waals surface area contributed by atoms with E-state index in [0.29, 0.717) is 59.5 Å². The van der Waals surface area contributed by atoms with Gasteiger partial charge in [-0.3, -0.25) is 4.79 Å². The largest absolute Gasteiger partial charge is 0.378 e. The predicted molar refractivity (Wildman–Crippen MR) is 114 cm³/mol. The number of rotatable bonds is 3. The predicted octanol–water partition coefficient (Wildman–Crippen LogP) is 4.72. The van der Waals surface area contributed by atoms with Crippen LogP contribution in [0.3, 0.4) is 0 Å². The van der Waals surface area contributed by atoms with E-state index in [-0.39, 0.29) is 5.91 Å². The van der Waals surface area contributed by atoms with E-state index in [1.165, 1.54) is 0 Å². The molecule has 29 heavy (non-hydrogen) atoms. The van der Waals surface area contributed by atoms with Crippen molar-refractivity contribution in [2.75, 3.05) is 26.3 Å². The van der Waals surface area contributed by atoms with Crippen molar-refractivity contribution in [3.8, 4) is 6.07 Å². The van der Waals surface area contributed by atoms with Gasteiger partial charge in [-0.25, -0.2) is 0 Å². The summed E-state index contributed by atoms with van der Waals surface area (Å²) in [5.41, 5.74) is 4.60. The van der Waals surface area contributed by atoms with Gasteiger partial charge in [0.15, 0.2) is 0 Å². The maximum Gasteiger partial charge on any atom is 0.255 e. The fraction of sp³-hybridized carbons (Fsp3) is 0.273. The molecule has 0 radical (unpaired) electrons. The summed E-state index contributed by atoms with van der Waals surface area (Å²) in [5.74, 6) is -0.109. The molecule has 2 heterocycles. The van der Waals surface area contributed by atoms with Crippen molar-refractivity contribution >= 4 is 40.0 Å². The Morgan fingerprint density at radius 2 is 2.00 bits per heavy atom. The molecule has 1 saturated heterocycles. The van der Waals surface area contributed by atoms with Gasteiger partial charge in [0.05, 0.1) is 35.4 Å². The van der Waals surface area contributed by atoms with Gasteiger partial charge in [-0.05, 0) is 48.4 Å². The van der Waals surface area contributed by atoms with Crippen LogP contribution in [0, 0.1) is 18.3 Å². The first-order valence-corrected chi connectivity index (χ1v) is 10.1. The molecule has 0 bridgehead atoms. The third-order valence-electron chi connectivity index (χ3n) is 5.21. The maximum atomic E-state index is 12.9. The van der Waals surface area contributed by atoms with E-state index < -0.39 is 0 Å². The van der Waals surface area contributed by atoms with Gasteiger partial charge >= 0.3 is 0 Å². The molecule has 1 fully saturated rings. The van der Waals surface area contributed by atoms with Crippen LogP contribution in [-0.4, -0.2) is 42.1 Å². The van der Waals surface area contributed by atoms with Crippen molar-refractivity contribution in [2.24, 2.45) is 0 Å². The van der Waals surface area contributed by atoms with Crippen molar-refractivity contribution < 1.29 is 9.53 Å². The molecule has 0 unspecified atom stereocenters. The summed E-state index contributed by atoms with van der Waals surface area (Å²) < 4.78 is 5.32. The maximum absolute atomic E-state index is 12.9. The van der Waals surface area contributed by atoms with Crippen molar-refractivity contribution in [2.45, 2.75) is 13.3 Å². The van der Waals surface area contributed by atoms with E-state index in [2.05, 4.69) is 11.1 Å². The second-order valence-corrected chi connectivity index (χ2v) is 7.91. The summed E-state index contributed by atoms with van der Waals surface area (Å²) in [6.07, 6.45) is 0.456. The van der Waals surface area contributed by atoms with E-state index in [4.69, 9.17) is 27.9 Å². The summed E-state index contributed by atoms with van der Waals surface area (Å²) in [6, 6.07) is 11.3. The van der Waals surface area contributed by atoms with Gasteiger partial charge in [0, 0.05) is 41.1 Å². The molecule has 0 aliphatic carbocycles.